The molecule has 1 aromatic carbocycles. The van der Waals surface area contributed by atoms with Crippen LogP contribution >= 0.6 is 0 Å². The van der Waals surface area contributed by atoms with E-state index in [0.717, 1.165) is 12.5 Å². The van der Waals surface area contributed by atoms with Crippen LogP contribution in [0.25, 0.3) is 0 Å². The van der Waals surface area contributed by atoms with Gasteiger partial charge in [-0.25, -0.2) is 0 Å². The summed E-state index contributed by atoms with van der Waals surface area (Å²) in [6.45, 7) is 4.20. The molecule has 2 rings (SSSR count). The molecule has 0 radical (unpaired) electrons. The van der Waals surface area contributed by atoms with Gasteiger partial charge in [0, 0.05) is 13.6 Å². The summed E-state index contributed by atoms with van der Waals surface area (Å²) in [5, 5.41) is 3.23. The molecule has 98 valence electrons. The molecule has 1 aromatic rings. The Kier molecular flexibility index (Phi) is 4.37. The van der Waals surface area contributed by atoms with Gasteiger partial charge in [-0.1, -0.05) is 29.8 Å². The van der Waals surface area contributed by atoms with E-state index in [0.29, 0.717) is 13.1 Å². The molecule has 0 atom stereocenters. The Labute approximate surface area is 109 Å². The highest BCUT2D eigenvalue weighted by Gasteiger charge is 2.20. The first-order valence-electron chi connectivity index (χ1n) is 6.65. The minimum Gasteiger partial charge on any atom is -0.340 e. The first-order chi connectivity index (χ1) is 8.65. The number of nitrogens with one attached hydrogen (secondary N) is 1. The zero-order valence-electron chi connectivity index (χ0n) is 11.3. The maximum atomic E-state index is 11.9. The molecule has 0 saturated heterocycles. The summed E-state index contributed by atoms with van der Waals surface area (Å²) in [7, 11) is 1.86. The van der Waals surface area contributed by atoms with Gasteiger partial charge >= 0.3 is 0 Å². The summed E-state index contributed by atoms with van der Waals surface area (Å²) in [5.41, 5.74) is 2.43. The number of hydrogen-bond acceptors (Lipinski definition) is 2. The predicted molar refractivity (Wildman–Crippen MR) is 73.2 cm³/mol. The Morgan fingerprint density at radius 2 is 2.00 bits per heavy atom. The van der Waals surface area contributed by atoms with E-state index in [9.17, 15) is 4.79 Å². The Bertz CT molecular complexity index is 395. The van der Waals surface area contributed by atoms with Crippen LogP contribution in [0.1, 0.15) is 24.0 Å². The lowest BCUT2D eigenvalue weighted by atomic mass is 10.1. The van der Waals surface area contributed by atoms with Crippen LogP contribution in [0.3, 0.4) is 0 Å². The third kappa shape index (κ3) is 4.15. The van der Waals surface area contributed by atoms with Crippen molar-refractivity contribution >= 4 is 5.91 Å². The van der Waals surface area contributed by atoms with Gasteiger partial charge in [-0.3, -0.25) is 4.79 Å². The summed E-state index contributed by atoms with van der Waals surface area (Å²) in [4.78, 5) is 13.7. The number of benzene rings is 1. The fourth-order valence-electron chi connectivity index (χ4n) is 1.90. The minimum absolute atomic E-state index is 0.163. The topological polar surface area (TPSA) is 32.3 Å². The number of rotatable bonds is 6. The number of aryl methyl sites for hydroxylation is 1. The van der Waals surface area contributed by atoms with Crippen molar-refractivity contribution in [1.29, 1.82) is 0 Å². The number of hydrogen-bond donors (Lipinski definition) is 1. The number of carbonyl (C=O) groups is 1. The van der Waals surface area contributed by atoms with Gasteiger partial charge in [-0.05, 0) is 37.8 Å². The highest BCUT2D eigenvalue weighted by atomic mass is 16.2. The fraction of sp³-hybridized carbons (Fsp3) is 0.533. The smallest absolute Gasteiger partial charge is 0.236 e. The third-order valence-electron chi connectivity index (χ3n) is 3.37. The van der Waals surface area contributed by atoms with E-state index < -0.39 is 0 Å². The highest BCUT2D eigenvalue weighted by Crippen LogP contribution is 2.27. The summed E-state index contributed by atoms with van der Waals surface area (Å²) in [6, 6.07) is 8.32. The van der Waals surface area contributed by atoms with Crippen LogP contribution in [0.4, 0.5) is 0 Å². The van der Waals surface area contributed by atoms with Crippen LogP contribution < -0.4 is 5.32 Å². The van der Waals surface area contributed by atoms with Gasteiger partial charge in [0.05, 0.1) is 6.54 Å². The molecule has 0 bridgehead atoms. The minimum atomic E-state index is 0.163. The van der Waals surface area contributed by atoms with Crippen molar-refractivity contribution in [2.75, 3.05) is 20.1 Å². The first kappa shape index (κ1) is 13.1. The van der Waals surface area contributed by atoms with Crippen LogP contribution in [-0.2, 0) is 11.3 Å². The van der Waals surface area contributed by atoms with Crippen molar-refractivity contribution < 1.29 is 4.79 Å². The lowest BCUT2D eigenvalue weighted by Gasteiger charge is -2.17. The average molecular weight is 246 g/mol. The van der Waals surface area contributed by atoms with Crippen molar-refractivity contribution in [3.63, 3.8) is 0 Å². The van der Waals surface area contributed by atoms with E-state index >= 15 is 0 Å². The van der Waals surface area contributed by atoms with Crippen molar-refractivity contribution in [2.24, 2.45) is 5.92 Å². The van der Waals surface area contributed by atoms with Crippen molar-refractivity contribution in [2.45, 2.75) is 26.3 Å². The monoisotopic (exact) mass is 246 g/mol. The number of carbonyl (C=O) groups excluding carboxylic acids is 1. The molecule has 1 aliphatic rings. The molecule has 1 N–H and O–H groups in total. The molecule has 0 heterocycles. The quantitative estimate of drug-likeness (QED) is 0.832. The Hall–Kier alpha value is -1.35. The molecule has 0 aromatic heterocycles. The summed E-state index contributed by atoms with van der Waals surface area (Å²) >= 11 is 0. The molecule has 0 unspecified atom stereocenters. The molecule has 3 heteroatoms. The summed E-state index contributed by atoms with van der Waals surface area (Å²) in [5.74, 6) is 0.983. The molecule has 1 saturated carbocycles. The largest absolute Gasteiger partial charge is 0.340 e. The average Bonchev–Trinajstić information content (AvgIpc) is 3.16. The van der Waals surface area contributed by atoms with E-state index in [1.807, 2.05) is 7.05 Å². The Balaban J connectivity index is 1.73. The standard InChI is InChI=1S/C15H22N2O/c1-12-3-5-14(6-4-12)11-17(2)15(18)10-16-9-13-7-8-13/h3-6,13,16H,7-11H2,1-2H3. The fourth-order valence-corrected chi connectivity index (χ4v) is 1.90. The van der Waals surface area contributed by atoms with Crippen LogP contribution in [0.15, 0.2) is 24.3 Å². The molecule has 0 spiro atoms. The lowest BCUT2D eigenvalue weighted by molar-refractivity contribution is -0.129. The van der Waals surface area contributed by atoms with Crippen molar-refractivity contribution in [3.8, 4) is 0 Å². The molecule has 1 fully saturated rings. The molecule has 1 aliphatic carbocycles. The van der Waals surface area contributed by atoms with Gasteiger partial charge in [0.1, 0.15) is 0 Å². The summed E-state index contributed by atoms with van der Waals surface area (Å²) in [6.07, 6.45) is 2.64. The van der Waals surface area contributed by atoms with Crippen LogP contribution in [0.5, 0.6) is 0 Å². The van der Waals surface area contributed by atoms with Crippen molar-refractivity contribution in [3.05, 3.63) is 35.4 Å². The van der Waals surface area contributed by atoms with Crippen LogP contribution in [0.2, 0.25) is 0 Å². The molecule has 3 nitrogen and oxygen atoms in total. The lowest BCUT2D eigenvalue weighted by Crippen LogP contribution is -2.35. The second-order valence-electron chi connectivity index (χ2n) is 5.31. The van der Waals surface area contributed by atoms with Gasteiger partial charge in [0.15, 0.2) is 0 Å². The first-order valence-corrected chi connectivity index (χ1v) is 6.65. The summed E-state index contributed by atoms with van der Waals surface area (Å²) < 4.78 is 0. The SMILES string of the molecule is Cc1ccc(CN(C)C(=O)CNCC2CC2)cc1. The van der Waals surface area contributed by atoms with E-state index in [1.54, 1.807) is 4.90 Å². The third-order valence-corrected chi connectivity index (χ3v) is 3.37. The maximum absolute atomic E-state index is 11.9. The number of nitrogens with zero attached hydrogens (tertiary/aromatic N) is 1. The molecule has 18 heavy (non-hydrogen) atoms. The van der Waals surface area contributed by atoms with Gasteiger partial charge in [0.2, 0.25) is 5.91 Å². The van der Waals surface area contributed by atoms with Gasteiger partial charge in [-0.2, -0.15) is 0 Å². The van der Waals surface area contributed by atoms with E-state index in [2.05, 4.69) is 36.5 Å². The predicted octanol–water partition coefficient (Wildman–Crippen LogP) is 1.95. The second-order valence-corrected chi connectivity index (χ2v) is 5.31. The number of likely N-dealkylation sites (N-methyl/N-ethyl adjacent to an activating group) is 1. The van der Waals surface area contributed by atoms with E-state index in [1.165, 1.54) is 24.0 Å². The van der Waals surface area contributed by atoms with E-state index in [-0.39, 0.29) is 5.91 Å². The van der Waals surface area contributed by atoms with Gasteiger partial charge < -0.3 is 10.2 Å². The second kappa shape index (κ2) is 6.01. The van der Waals surface area contributed by atoms with E-state index in [4.69, 9.17) is 0 Å². The molecular formula is C15H22N2O. The zero-order valence-corrected chi connectivity index (χ0v) is 11.3. The maximum Gasteiger partial charge on any atom is 0.236 e. The van der Waals surface area contributed by atoms with Crippen LogP contribution in [-0.4, -0.2) is 30.9 Å². The van der Waals surface area contributed by atoms with Gasteiger partial charge in [0.25, 0.3) is 0 Å². The molecule has 0 aliphatic heterocycles. The zero-order chi connectivity index (χ0) is 13.0. The Morgan fingerprint density at radius 1 is 1.33 bits per heavy atom. The van der Waals surface area contributed by atoms with Crippen LogP contribution in [0, 0.1) is 12.8 Å². The van der Waals surface area contributed by atoms with Crippen molar-refractivity contribution in [1.82, 2.24) is 10.2 Å². The number of amides is 1. The highest BCUT2D eigenvalue weighted by molar-refractivity contribution is 5.77. The normalized spacial score (nSPS) is 14.6. The molecular weight excluding hydrogens is 224 g/mol. The van der Waals surface area contributed by atoms with Gasteiger partial charge in [-0.15, -0.1) is 0 Å². The Morgan fingerprint density at radius 3 is 2.61 bits per heavy atom. The molecule has 1 amide bonds.